The quantitative estimate of drug-likeness (QED) is 0.745. The third-order valence-electron chi connectivity index (χ3n) is 5.05. The molecule has 1 amide bonds. The molecule has 1 aliphatic heterocycles. The highest BCUT2D eigenvalue weighted by Crippen LogP contribution is 2.30. The number of hydrogen-bond acceptors (Lipinski definition) is 6. The normalized spacial score (nSPS) is 20.2. The molecule has 5 nitrogen and oxygen atoms in total. The van der Waals surface area contributed by atoms with Gasteiger partial charge in [-0.2, -0.15) is 0 Å². The third-order valence-corrected chi connectivity index (χ3v) is 7.01. The molecule has 0 radical (unpaired) electrons. The Morgan fingerprint density at radius 1 is 1.27 bits per heavy atom. The van der Waals surface area contributed by atoms with Crippen LogP contribution in [0.25, 0.3) is 0 Å². The summed E-state index contributed by atoms with van der Waals surface area (Å²) >= 11 is 2.97. The number of carbonyl (C=O) groups is 1. The topological polar surface area (TPSA) is 58.1 Å². The Labute approximate surface area is 163 Å². The minimum absolute atomic E-state index is 0.203. The number of nitrogens with zero attached hydrogens (tertiary/aromatic N) is 3. The van der Waals surface area contributed by atoms with Gasteiger partial charge in [0, 0.05) is 17.8 Å². The zero-order valence-corrected chi connectivity index (χ0v) is 17.4. The fraction of sp³-hybridized carbons (Fsp3) is 0.526. The third kappa shape index (κ3) is 4.38. The number of anilines is 2. The van der Waals surface area contributed by atoms with Crippen LogP contribution in [0.15, 0.2) is 22.5 Å². The zero-order valence-electron chi connectivity index (χ0n) is 15.8. The van der Waals surface area contributed by atoms with Crippen molar-refractivity contribution in [2.24, 2.45) is 0 Å². The molecule has 1 saturated heterocycles. The summed E-state index contributed by atoms with van der Waals surface area (Å²) in [6.07, 6.45) is 3.41. The molecule has 140 valence electrons. The number of likely N-dealkylation sites (tertiary alicyclic amines) is 1. The number of rotatable bonds is 5. The maximum Gasteiger partial charge on any atom is 0.233 e. The van der Waals surface area contributed by atoms with Crippen LogP contribution in [-0.2, 0) is 4.79 Å². The maximum absolute atomic E-state index is 12.6. The lowest BCUT2D eigenvalue weighted by Crippen LogP contribution is -2.48. The summed E-state index contributed by atoms with van der Waals surface area (Å²) in [5, 5.41) is 12.5. The van der Waals surface area contributed by atoms with Gasteiger partial charge in [0.1, 0.15) is 0 Å². The van der Waals surface area contributed by atoms with Crippen LogP contribution in [0.1, 0.15) is 44.2 Å². The van der Waals surface area contributed by atoms with E-state index < -0.39 is 0 Å². The number of aromatic nitrogens is 2. The van der Waals surface area contributed by atoms with Crippen molar-refractivity contribution in [2.75, 3.05) is 11.1 Å². The molecule has 0 saturated carbocycles. The number of piperidine rings is 1. The standard InChI is InChI=1S/C19H26N4OS2/c1-12-7-5-10-16(15(12)4)20-18-21-22-19(26-18)25-11-17(24)23-13(2)8-6-9-14(23)3/h5,7,10,13-14H,6,8-9,11H2,1-4H3,(H,20,21)/t13-,14-/m1/s1. The molecule has 1 N–H and O–H groups in total. The van der Waals surface area contributed by atoms with Gasteiger partial charge < -0.3 is 10.2 Å². The Hall–Kier alpha value is -1.60. The summed E-state index contributed by atoms with van der Waals surface area (Å²) in [6, 6.07) is 6.83. The first-order valence-electron chi connectivity index (χ1n) is 9.06. The van der Waals surface area contributed by atoms with E-state index in [1.165, 1.54) is 40.6 Å². The van der Waals surface area contributed by atoms with Gasteiger partial charge >= 0.3 is 0 Å². The van der Waals surface area contributed by atoms with Gasteiger partial charge in [0.05, 0.1) is 5.75 Å². The van der Waals surface area contributed by atoms with Crippen molar-refractivity contribution in [3.05, 3.63) is 29.3 Å². The summed E-state index contributed by atoms with van der Waals surface area (Å²) < 4.78 is 0.823. The van der Waals surface area contributed by atoms with Gasteiger partial charge in [-0.05, 0) is 64.2 Å². The summed E-state index contributed by atoms with van der Waals surface area (Å²) in [4.78, 5) is 14.7. The molecule has 2 atom stereocenters. The average Bonchev–Trinajstić information content (AvgIpc) is 3.04. The Kier molecular flexibility index (Phi) is 6.19. The van der Waals surface area contributed by atoms with Crippen LogP contribution in [-0.4, -0.2) is 38.8 Å². The number of amides is 1. The molecule has 1 aliphatic rings. The lowest BCUT2D eigenvalue weighted by Gasteiger charge is -2.39. The molecule has 1 fully saturated rings. The number of thioether (sulfide) groups is 1. The number of benzene rings is 1. The number of nitrogens with one attached hydrogen (secondary N) is 1. The van der Waals surface area contributed by atoms with Crippen molar-refractivity contribution in [2.45, 2.75) is 63.4 Å². The van der Waals surface area contributed by atoms with E-state index in [4.69, 9.17) is 0 Å². The fourth-order valence-electron chi connectivity index (χ4n) is 3.43. The lowest BCUT2D eigenvalue weighted by molar-refractivity contribution is -0.134. The SMILES string of the molecule is Cc1cccc(Nc2nnc(SCC(=O)N3[C@H](C)CCC[C@H]3C)s2)c1C. The molecule has 3 rings (SSSR count). The van der Waals surface area contributed by atoms with Crippen molar-refractivity contribution in [3.8, 4) is 0 Å². The van der Waals surface area contributed by atoms with Gasteiger partial charge in [0.2, 0.25) is 11.0 Å². The van der Waals surface area contributed by atoms with E-state index in [1.54, 1.807) is 0 Å². The predicted molar refractivity (Wildman–Crippen MR) is 109 cm³/mol. The molecule has 2 heterocycles. The number of carbonyl (C=O) groups excluding carboxylic acids is 1. The van der Waals surface area contributed by atoms with Crippen LogP contribution in [0.5, 0.6) is 0 Å². The summed E-state index contributed by atoms with van der Waals surface area (Å²) in [5.41, 5.74) is 3.49. The van der Waals surface area contributed by atoms with Gasteiger partial charge in [-0.3, -0.25) is 4.79 Å². The molecule has 0 unspecified atom stereocenters. The highest BCUT2D eigenvalue weighted by atomic mass is 32.2. The first kappa shape index (κ1) is 19.2. The molecule has 1 aromatic carbocycles. The lowest BCUT2D eigenvalue weighted by atomic mass is 9.98. The smallest absolute Gasteiger partial charge is 0.233 e. The van der Waals surface area contributed by atoms with Gasteiger partial charge in [0.25, 0.3) is 0 Å². The maximum atomic E-state index is 12.6. The van der Waals surface area contributed by atoms with E-state index in [9.17, 15) is 4.79 Å². The second kappa shape index (κ2) is 8.39. The summed E-state index contributed by atoms with van der Waals surface area (Å²) in [5.74, 6) is 0.626. The molecule has 2 aromatic rings. The Bertz CT molecular complexity index is 767. The van der Waals surface area contributed by atoms with Crippen molar-refractivity contribution in [1.29, 1.82) is 0 Å². The van der Waals surface area contributed by atoms with E-state index in [0.717, 1.165) is 28.0 Å². The molecular weight excluding hydrogens is 364 g/mol. The van der Waals surface area contributed by atoms with Crippen LogP contribution in [0, 0.1) is 13.8 Å². The van der Waals surface area contributed by atoms with E-state index in [-0.39, 0.29) is 5.91 Å². The van der Waals surface area contributed by atoms with Gasteiger partial charge in [-0.25, -0.2) is 0 Å². The molecule has 0 bridgehead atoms. The number of aryl methyl sites for hydroxylation is 1. The first-order valence-corrected chi connectivity index (χ1v) is 10.9. The highest BCUT2D eigenvalue weighted by molar-refractivity contribution is 8.01. The minimum Gasteiger partial charge on any atom is -0.337 e. The molecular formula is C19H26N4OS2. The van der Waals surface area contributed by atoms with Gasteiger partial charge in [-0.15, -0.1) is 10.2 Å². The monoisotopic (exact) mass is 390 g/mol. The minimum atomic E-state index is 0.203. The fourth-order valence-corrected chi connectivity index (χ4v) is 5.06. The predicted octanol–water partition coefficient (Wildman–Crippen LogP) is 4.78. The van der Waals surface area contributed by atoms with Crippen LogP contribution in [0.4, 0.5) is 10.8 Å². The molecule has 0 aliphatic carbocycles. The molecule has 7 heteroatoms. The second-order valence-electron chi connectivity index (χ2n) is 6.96. The Morgan fingerprint density at radius 3 is 2.73 bits per heavy atom. The number of hydrogen-bond donors (Lipinski definition) is 1. The average molecular weight is 391 g/mol. The van der Waals surface area contributed by atoms with Crippen LogP contribution in [0.2, 0.25) is 0 Å². The molecule has 0 spiro atoms. The van der Waals surface area contributed by atoms with E-state index in [1.807, 2.05) is 17.0 Å². The second-order valence-corrected chi connectivity index (χ2v) is 9.16. The largest absolute Gasteiger partial charge is 0.337 e. The van der Waals surface area contributed by atoms with Crippen LogP contribution >= 0.6 is 23.1 Å². The van der Waals surface area contributed by atoms with Crippen molar-refractivity contribution in [1.82, 2.24) is 15.1 Å². The van der Waals surface area contributed by atoms with Crippen molar-refractivity contribution >= 4 is 39.8 Å². The van der Waals surface area contributed by atoms with Gasteiger partial charge in [-0.1, -0.05) is 35.2 Å². The van der Waals surface area contributed by atoms with Gasteiger partial charge in [0.15, 0.2) is 4.34 Å². The van der Waals surface area contributed by atoms with E-state index in [0.29, 0.717) is 17.8 Å². The van der Waals surface area contributed by atoms with E-state index in [2.05, 4.69) is 49.3 Å². The zero-order chi connectivity index (χ0) is 18.7. The van der Waals surface area contributed by atoms with E-state index >= 15 is 0 Å². The Morgan fingerprint density at radius 2 is 2.00 bits per heavy atom. The van der Waals surface area contributed by atoms with Crippen molar-refractivity contribution in [3.63, 3.8) is 0 Å². The van der Waals surface area contributed by atoms with Crippen LogP contribution in [0.3, 0.4) is 0 Å². The Balaban J connectivity index is 1.58. The van der Waals surface area contributed by atoms with Crippen molar-refractivity contribution < 1.29 is 4.79 Å². The first-order chi connectivity index (χ1) is 12.5. The highest BCUT2D eigenvalue weighted by Gasteiger charge is 2.28. The molecule has 26 heavy (non-hydrogen) atoms. The summed E-state index contributed by atoms with van der Waals surface area (Å²) in [6.45, 7) is 8.48. The molecule has 1 aromatic heterocycles. The van der Waals surface area contributed by atoms with Crippen LogP contribution < -0.4 is 5.32 Å². The summed E-state index contributed by atoms with van der Waals surface area (Å²) in [7, 11) is 0.